The highest BCUT2D eigenvalue weighted by Gasteiger charge is 2.13. The van der Waals surface area contributed by atoms with Gasteiger partial charge >= 0.3 is 0 Å². The van der Waals surface area contributed by atoms with Gasteiger partial charge in [0, 0.05) is 11.2 Å². The first-order valence-corrected chi connectivity index (χ1v) is 6.58. The van der Waals surface area contributed by atoms with Gasteiger partial charge in [-0.25, -0.2) is 0 Å². The maximum Gasteiger partial charge on any atom is 0.137 e. The van der Waals surface area contributed by atoms with Gasteiger partial charge in [0.25, 0.3) is 0 Å². The Kier molecular flexibility index (Phi) is 5.48. The molecule has 0 spiro atoms. The lowest BCUT2D eigenvalue weighted by Gasteiger charge is -2.19. The second-order valence-corrected chi connectivity index (χ2v) is 4.95. The van der Waals surface area contributed by atoms with Crippen LogP contribution in [0.4, 0.5) is 0 Å². The van der Waals surface area contributed by atoms with E-state index in [-0.39, 0.29) is 0 Å². The molecule has 0 radical (unpaired) electrons. The molecule has 1 rings (SSSR count). The highest BCUT2D eigenvalue weighted by Crippen LogP contribution is 2.24. The highest BCUT2D eigenvalue weighted by atomic mass is 79.9. The molecule has 0 heterocycles. The van der Waals surface area contributed by atoms with Crippen LogP contribution in [-0.4, -0.2) is 11.9 Å². The van der Waals surface area contributed by atoms with Crippen molar-refractivity contribution in [3.63, 3.8) is 0 Å². The van der Waals surface area contributed by atoms with Crippen LogP contribution in [-0.2, 0) is 0 Å². The average Bonchev–Trinajstić information content (AvgIpc) is 2.21. The number of halogens is 2. The molecule has 0 N–H and O–H groups in total. The lowest BCUT2D eigenvalue weighted by atomic mass is 9.99. The number of alkyl halides is 1. The standard InChI is InChI=1S/C12H16BrClO/c1-9(2)10(7-13)8-15-12-6-4-3-5-11(12)14/h3-6,9-10H,7-8H2,1-2H3. The maximum atomic E-state index is 5.99. The number of hydrogen-bond acceptors (Lipinski definition) is 1. The molecule has 3 heteroatoms. The van der Waals surface area contributed by atoms with Crippen molar-refractivity contribution >= 4 is 27.5 Å². The average molecular weight is 292 g/mol. The fraction of sp³-hybridized carbons (Fsp3) is 0.500. The third-order valence-electron chi connectivity index (χ3n) is 2.43. The van der Waals surface area contributed by atoms with Crippen molar-refractivity contribution in [3.8, 4) is 5.75 Å². The summed E-state index contributed by atoms with van der Waals surface area (Å²) >= 11 is 9.49. The molecule has 1 nitrogen and oxygen atoms in total. The Hall–Kier alpha value is -0.210. The van der Waals surface area contributed by atoms with E-state index in [0.717, 1.165) is 11.1 Å². The van der Waals surface area contributed by atoms with Gasteiger partial charge in [0.05, 0.1) is 11.6 Å². The molecule has 0 aromatic heterocycles. The predicted molar refractivity (Wildman–Crippen MR) is 69.1 cm³/mol. The van der Waals surface area contributed by atoms with Gasteiger partial charge in [0.1, 0.15) is 5.75 Å². The summed E-state index contributed by atoms with van der Waals surface area (Å²) in [6, 6.07) is 7.57. The number of ether oxygens (including phenoxy) is 1. The van der Waals surface area contributed by atoms with E-state index in [1.807, 2.05) is 24.3 Å². The Morgan fingerprint density at radius 1 is 1.33 bits per heavy atom. The lowest BCUT2D eigenvalue weighted by Crippen LogP contribution is -2.19. The largest absolute Gasteiger partial charge is 0.492 e. The predicted octanol–water partition coefficient (Wildman–Crippen LogP) is 4.39. The Bertz CT molecular complexity index is 301. The Labute approximate surface area is 105 Å². The first-order valence-electron chi connectivity index (χ1n) is 5.08. The topological polar surface area (TPSA) is 9.23 Å². The molecule has 0 saturated heterocycles. The van der Waals surface area contributed by atoms with Crippen LogP contribution in [0.2, 0.25) is 5.02 Å². The summed E-state index contributed by atoms with van der Waals surface area (Å²) < 4.78 is 5.69. The van der Waals surface area contributed by atoms with Crippen LogP contribution in [0.3, 0.4) is 0 Å². The molecule has 15 heavy (non-hydrogen) atoms. The molecule has 1 aromatic rings. The van der Waals surface area contributed by atoms with Gasteiger partial charge in [-0.2, -0.15) is 0 Å². The summed E-state index contributed by atoms with van der Waals surface area (Å²) in [5.41, 5.74) is 0. The molecule has 1 aromatic carbocycles. The van der Waals surface area contributed by atoms with Gasteiger partial charge in [0.2, 0.25) is 0 Å². The van der Waals surface area contributed by atoms with Crippen LogP contribution >= 0.6 is 27.5 Å². The van der Waals surface area contributed by atoms with Gasteiger partial charge in [-0.3, -0.25) is 0 Å². The SMILES string of the molecule is CC(C)C(CBr)COc1ccccc1Cl. The van der Waals surface area contributed by atoms with Crippen LogP contribution in [0.15, 0.2) is 24.3 Å². The second kappa shape index (κ2) is 6.39. The zero-order valence-electron chi connectivity index (χ0n) is 9.04. The molecule has 0 aliphatic carbocycles. The zero-order valence-corrected chi connectivity index (χ0v) is 11.4. The van der Waals surface area contributed by atoms with Crippen LogP contribution in [0, 0.1) is 11.8 Å². The lowest BCUT2D eigenvalue weighted by molar-refractivity contribution is 0.227. The molecule has 1 atom stereocenters. The molecular formula is C12H16BrClO. The smallest absolute Gasteiger partial charge is 0.137 e. The number of benzene rings is 1. The van der Waals surface area contributed by atoms with E-state index in [4.69, 9.17) is 16.3 Å². The number of hydrogen-bond donors (Lipinski definition) is 0. The minimum Gasteiger partial charge on any atom is -0.492 e. The van der Waals surface area contributed by atoms with Crippen LogP contribution in [0.5, 0.6) is 5.75 Å². The van der Waals surface area contributed by atoms with Crippen LogP contribution < -0.4 is 4.74 Å². The van der Waals surface area contributed by atoms with Crippen LogP contribution in [0.1, 0.15) is 13.8 Å². The number of rotatable bonds is 5. The minimum absolute atomic E-state index is 0.515. The summed E-state index contributed by atoms with van der Waals surface area (Å²) in [4.78, 5) is 0. The molecule has 0 aliphatic rings. The zero-order chi connectivity index (χ0) is 11.3. The fourth-order valence-electron chi connectivity index (χ4n) is 1.17. The quantitative estimate of drug-likeness (QED) is 0.731. The van der Waals surface area contributed by atoms with E-state index in [1.54, 1.807) is 0 Å². The highest BCUT2D eigenvalue weighted by molar-refractivity contribution is 9.09. The Morgan fingerprint density at radius 3 is 2.53 bits per heavy atom. The van der Waals surface area contributed by atoms with E-state index < -0.39 is 0 Å². The van der Waals surface area contributed by atoms with Crippen molar-refractivity contribution in [1.82, 2.24) is 0 Å². The molecule has 0 saturated carbocycles. The van der Waals surface area contributed by atoms with Crippen molar-refractivity contribution in [2.24, 2.45) is 11.8 Å². The molecule has 0 amide bonds. The van der Waals surface area contributed by atoms with Crippen molar-refractivity contribution < 1.29 is 4.74 Å². The summed E-state index contributed by atoms with van der Waals surface area (Å²) in [7, 11) is 0. The maximum absolute atomic E-state index is 5.99. The monoisotopic (exact) mass is 290 g/mol. The first-order chi connectivity index (χ1) is 7.15. The molecule has 1 unspecified atom stereocenters. The van der Waals surface area contributed by atoms with Gasteiger partial charge in [0.15, 0.2) is 0 Å². The van der Waals surface area contributed by atoms with Gasteiger partial charge in [-0.05, 0) is 18.1 Å². The third kappa shape index (κ3) is 4.04. The normalized spacial score (nSPS) is 12.9. The van der Waals surface area contributed by atoms with Crippen molar-refractivity contribution in [3.05, 3.63) is 29.3 Å². The van der Waals surface area contributed by atoms with Crippen molar-refractivity contribution in [1.29, 1.82) is 0 Å². The summed E-state index contributed by atoms with van der Waals surface area (Å²) in [6.45, 7) is 5.09. The van der Waals surface area contributed by atoms with Crippen molar-refractivity contribution in [2.45, 2.75) is 13.8 Å². The second-order valence-electron chi connectivity index (χ2n) is 3.90. The van der Waals surface area contributed by atoms with E-state index in [9.17, 15) is 0 Å². The van der Waals surface area contributed by atoms with E-state index in [0.29, 0.717) is 23.5 Å². The molecule has 84 valence electrons. The summed E-state index contributed by atoms with van der Waals surface area (Å²) in [6.07, 6.45) is 0. The Morgan fingerprint density at radius 2 is 2.00 bits per heavy atom. The summed E-state index contributed by atoms with van der Waals surface area (Å²) in [5, 5.41) is 1.63. The van der Waals surface area contributed by atoms with Crippen LogP contribution in [0.25, 0.3) is 0 Å². The van der Waals surface area contributed by atoms with E-state index >= 15 is 0 Å². The van der Waals surface area contributed by atoms with Gasteiger partial charge in [-0.1, -0.05) is 53.5 Å². The van der Waals surface area contributed by atoms with Gasteiger partial charge < -0.3 is 4.74 Å². The van der Waals surface area contributed by atoms with E-state index in [1.165, 1.54) is 0 Å². The van der Waals surface area contributed by atoms with E-state index in [2.05, 4.69) is 29.8 Å². The summed E-state index contributed by atoms with van der Waals surface area (Å²) in [5.74, 6) is 1.89. The molecule has 0 bridgehead atoms. The third-order valence-corrected chi connectivity index (χ3v) is 3.57. The minimum atomic E-state index is 0.515. The molecule has 0 fully saturated rings. The van der Waals surface area contributed by atoms with Crippen molar-refractivity contribution in [2.75, 3.05) is 11.9 Å². The Balaban J connectivity index is 2.53. The number of para-hydroxylation sites is 1. The van der Waals surface area contributed by atoms with Gasteiger partial charge in [-0.15, -0.1) is 0 Å². The first kappa shape index (κ1) is 12.9. The molecular weight excluding hydrogens is 275 g/mol. The fourth-order valence-corrected chi connectivity index (χ4v) is 2.30. The molecule has 0 aliphatic heterocycles.